The number of aromatic nitrogens is 4. The average Bonchev–Trinajstić information content (AvgIpc) is 3.90. The van der Waals surface area contributed by atoms with Crippen molar-refractivity contribution in [1.82, 2.24) is 19.1 Å². The molecule has 3 heterocycles. The monoisotopic (exact) mass is 1080 g/mol. The zero-order chi connectivity index (χ0) is 52.4. The number of imidazole rings is 2. The molecule has 0 bridgehead atoms. The molecule has 2 aromatic heterocycles. The van der Waals surface area contributed by atoms with Crippen molar-refractivity contribution < 1.29 is 110 Å². The third-order valence-electron chi connectivity index (χ3n) is 8.20. The molecule has 384 valence electrons. The molecule has 0 spiro atoms. The first kappa shape index (κ1) is 58.8. The molecule has 69 heavy (non-hydrogen) atoms. The van der Waals surface area contributed by atoms with E-state index in [1.54, 1.807) is 66.7 Å². The van der Waals surface area contributed by atoms with Crippen LogP contribution in [0, 0.1) is 0 Å². The number of alkyl halides is 1. The number of hydrogen-bond donors (Lipinski definition) is 8. The fourth-order valence-corrected chi connectivity index (χ4v) is 10.9. The van der Waals surface area contributed by atoms with Gasteiger partial charge in [0.05, 0.1) is 49.1 Å². The Kier molecular flexibility index (Phi) is 20.1. The molecule has 0 radical (unpaired) electrons. The van der Waals surface area contributed by atoms with Crippen LogP contribution in [0.4, 0.5) is 14.4 Å². The summed E-state index contributed by atoms with van der Waals surface area (Å²) in [7, 11) is -21.2. The number of hydrogen-bond acceptors (Lipinski definition) is 19. The molecule has 5 rings (SSSR count). The van der Waals surface area contributed by atoms with Crippen molar-refractivity contribution in [3.05, 3.63) is 97.1 Å². The highest BCUT2D eigenvalue weighted by molar-refractivity contribution is 7.73. The van der Waals surface area contributed by atoms with Gasteiger partial charge in [-0.3, -0.25) is 27.3 Å². The Labute approximate surface area is 398 Å². The summed E-state index contributed by atoms with van der Waals surface area (Å²) in [6, 6.07) is 12.0. The Hall–Kier alpha value is -4.52. The van der Waals surface area contributed by atoms with Crippen molar-refractivity contribution in [2.24, 2.45) is 0 Å². The molecule has 0 aliphatic carbocycles. The number of para-hydroxylation sites is 2. The number of rotatable bonds is 13. The second-order valence-corrected chi connectivity index (χ2v) is 24.4. The Morgan fingerprint density at radius 2 is 1.22 bits per heavy atom. The van der Waals surface area contributed by atoms with E-state index in [1.807, 2.05) is 0 Å². The molecule has 1 fully saturated rings. The summed E-state index contributed by atoms with van der Waals surface area (Å²) in [5.74, 6) is -0.0464. The maximum Gasteiger partial charge on any atom is 0.514 e. The summed E-state index contributed by atoms with van der Waals surface area (Å²) in [5, 5.41) is 13.5. The first-order chi connectivity index (χ1) is 31.6. The number of aliphatic hydroxyl groups is 2. The van der Waals surface area contributed by atoms with E-state index in [-0.39, 0.29) is 23.2 Å². The molecule has 1 aliphatic heterocycles. The van der Waals surface area contributed by atoms with Crippen LogP contribution in [-0.2, 0) is 59.3 Å². The van der Waals surface area contributed by atoms with Crippen molar-refractivity contribution in [1.29, 1.82) is 0 Å². The lowest BCUT2D eigenvalue weighted by Gasteiger charge is -2.41. The summed E-state index contributed by atoms with van der Waals surface area (Å²) < 4.78 is 89.5. The number of ether oxygens (including phenoxy) is 6. The van der Waals surface area contributed by atoms with Crippen molar-refractivity contribution in [3.63, 3.8) is 0 Å². The molecule has 2 aromatic carbocycles. The molecule has 1 saturated heterocycles. The quantitative estimate of drug-likeness (QED) is 0.0241. The van der Waals surface area contributed by atoms with Gasteiger partial charge in [-0.1, -0.05) is 48.0 Å². The fraction of sp³-hybridized carbons (Fsp3) is 0.432. The maximum absolute atomic E-state index is 12.8. The van der Waals surface area contributed by atoms with E-state index >= 15 is 0 Å². The van der Waals surface area contributed by atoms with E-state index in [0.29, 0.717) is 5.56 Å². The number of benzene rings is 2. The summed E-state index contributed by atoms with van der Waals surface area (Å²) in [4.78, 5) is 98.2. The number of halogens is 1. The molecule has 32 heteroatoms. The molecule has 8 N–H and O–H groups in total. The van der Waals surface area contributed by atoms with Gasteiger partial charge in [0.15, 0.2) is 0 Å². The normalized spacial score (nSPS) is 21.1. The molecular formula is C37H51ClN4O23P4. The van der Waals surface area contributed by atoms with Crippen molar-refractivity contribution >= 4 is 60.5 Å². The van der Waals surface area contributed by atoms with Crippen LogP contribution in [0.5, 0.6) is 11.5 Å². The fourth-order valence-electron chi connectivity index (χ4n) is 5.07. The number of nitrogens with zero attached hydrogens (tertiary/aromatic N) is 4. The Balaban J connectivity index is 0.000000288. The van der Waals surface area contributed by atoms with Gasteiger partial charge in [-0.2, -0.15) is 0 Å². The van der Waals surface area contributed by atoms with Crippen molar-refractivity contribution in [3.8, 4) is 11.5 Å². The molecule has 0 saturated carbocycles. The first-order valence-corrected chi connectivity index (χ1v) is 26.4. The van der Waals surface area contributed by atoms with Crippen LogP contribution in [0.1, 0.15) is 71.4 Å². The highest BCUT2D eigenvalue weighted by Gasteiger charge is 2.68. The van der Waals surface area contributed by atoms with Crippen LogP contribution in [0.2, 0.25) is 0 Å². The molecule has 3 atom stereocenters. The van der Waals surface area contributed by atoms with Gasteiger partial charge in [0.25, 0.3) is 10.2 Å². The van der Waals surface area contributed by atoms with E-state index in [2.05, 4.69) is 9.97 Å². The van der Waals surface area contributed by atoms with Gasteiger partial charge < -0.3 is 77.1 Å². The van der Waals surface area contributed by atoms with Gasteiger partial charge in [0.1, 0.15) is 17.1 Å². The lowest BCUT2D eigenvalue weighted by atomic mass is 10.2. The van der Waals surface area contributed by atoms with Crippen molar-refractivity contribution in [2.45, 2.75) is 101 Å². The molecule has 1 aliphatic rings. The highest BCUT2D eigenvalue weighted by Crippen LogP contribution is 2.79. The maximum atomic E-state index is 12.8. The summed E-state index contributed by atoms with van der Waals surface area (Å²) in [6.07, 6.45) is 1.77. The van der Waals surface area contributed by atoms with Gasteiger partial charge in [-0.25, -0.2) is 24.4 Å². The molecule has 27 nitrogen and oxygen atoms in total. The molecule has 3 unspecified atom stereocenters. The smallest absolute Gasteiger partial charge is 0.431 e. The number of carbonyl (C=O) groups is 3. The topological polar surface area (TPSA) is 391 Å². The lowest BCUT2D eigenvalue weighted by Crippen LogP contribution is -2.39. The van der Waals surface area contributed by atoms with Crippen LogP contribution in [0.3, 0.4) is 0 Å². The lowest BCUT2D eigenvalue weighted by molar-refractivity contribution is -0.0618. The van der Waals surface area contributed by atoms with Gasteiger partial charge in [-0.05, 0) is 60.6 Å². The van der Waals surface area contributed by atoms with Crippen LogP contribution >= 0.6 is 42.0 Å². The standard InChI is InChI=1S/C16H21ClO6.C16H20N2O10P2.C5H10N2O7P2/c1-10(2)20-14(18)21-12-9-7-6-8-11(12)13(17)22-15(19)23-16(3,4)5;1-11(2)25-15(19)26-13-6-4-3-5-12(13)14-27-29(21,22)16(20,30(23,24)28-14)9-18-8-7-17-10-18;8-5(15(9,10)11,16(12,13)14)3-7-2-1-6-4-7/h6-10,13H,1-5H3;3-8,10-11,14,20H,9H2,1-2H3,(H,21,22)(H,23,24);1-2,4,8H,3H2,(H2,9,10,11)(H2,12,13,14). The second-order valence-electron chi connectivity index (χ2n) is 15.7. The number of carbonyl (C=O) groups excluding carboxylic acids is 3. The third kappa shape index (κ3) is 16.5. The molecular weight excluding hydrogens is 1030 g/mol. The Morgan fingerprint density at radius 1 is 0.768 bits per heavy atom. The third-order valence-corrected chi connectivity index (χ3v) is 16.8. The van der Waals surface area contributed by atoms with E-state index in [4.69, 9.17) is 68.6 Å². The van der Waals surface area contributed by atoms with E-state index in [1.165, 1.54) is 61.4 Å². The zero-order valence-corrected chi connectivity index (χ0v) is 41.8. The summed E-state index contributed by atoms with van der Waals surface area (Å²) >= 11 is 6.07. The molecule has 0 amide bonds. The predicted molar refractivity (Wildman–Crippen MR) is 236 cm³/mol. The Morgan fingerprint density at radius 3 is 1.67 bits per heavy atom. The minimum atomic E-state index is -5.41. The largest absolute Gasteiger partial charge is 0.514 e. The molecule has 4 aromatic rings. The zero-order valence-electron chi connectivity index (χ0n) is 37.5. The summed E-state index contributed by atoms with van der Waals surface area (Å²) in [6.45, 7) is 9.97. The second kappa shape index (κ2) is 23.6. The van der Waals surface area contributed by atoms with E-state index in [9.17, 15) is 52.6 Å². The van der Waals surface area contributed by atoms with Gasteiger partial charge in [-0.15, -0.1) is 0 Å². The van der Waals surface area contributed by atoms with Crippen molar-refractivity contribution in [2.75, 3.05) is 0 Å². The van der Waals surface area contributed by atoms with Gasteiger partial charge >= 0.3 is 48.8 Å². The highest BCUT2D eigenvalue weighted by atomic mass is 35.5. The Bertz CT molecular complexity index is 2500. The van der Waals surface area contributed by atoms with E-state index in [0.717, 1.165) is 15.5 Å². The minimum Gasteiger partial charge on any atom is -0.431 e. The van der Waals surface area contributed by atoms with Crippen LogP contribution < -0.4 is 9.47 Å². The van der Waals surface area contributed by atoms with Crippen LogP contribution in [0.25, 0.3) is 0 Å². The van der Waals surface area contributed by atoms with Gasteiger partial charge in [0, 0.05) is 24.8 Å². The first-order valence-electron chi connectivity index (χ1n) is 19.6. The minimum absolute atomic E-state index is 0.133. The average molecular weight is 1080 g/mol. The SMILES string of the molecule is CC(C)OC(=O)Oc1ccccc1C(Cl)OC(=O)OC(C)(C)C.CC(C)OC(=O)Oc1ccccc1C1OP(=O)(O)C(O)(Cn2ccnc2)P(=O)(O)O1.O=P(O)(O)C(O)(Cn1ccnc1)P(=O)(O)O. The van der Waals surface area contributed by atoms with Gasteiger partial charge in [0.2, 0.25) is 11.9 Å². The van der Waals surface area contributed by atoms with Crippen LogP contribution in [-0.4, -0.2) is 105 Å². The predicted octanol–water partition coefficient (Wildman–Crippen LogP) is 6.25. The van der Waals surface area contributed by atoms with E-state index < -0.39 is 95.7 Å². The summed E-state index contributed by atoms with van der Waals surface area (Å²) in [5.41, 5.74) is -1.70. The van der Waals surface area contributed by atoms with Crippen LogP contribution in [0.15, 0.2) is 86.0 Å².